The fraction of sp³-hybridized carbons (Fsp3) is 0. The summed E-state index contributed by atoms with van der Waals surface area (Å²) in [6.07, 6.45) is 2.19. The summed E-state index contributed by atoms with van der Waals surface area (Å²) in [4.78, 5) is 10.4. The highest BCUT2D eigenvalue weighted by molar-refractivity contribution is 7.25. The van der Waals surface area contributed by atoms with Gasteiger partial charge in [-0.15, -0.1) is 11.3 Å². The summed E-state index contributed by atoms with van der Waals surface area (Å²) < 4.78 is 7.34. The molecule has 0 aliphatic carbocycles. The molecule has 0 saturated heterocycles. The van der Waals surface area contributed by atoms with E-state index in [9.17, 15) is 0 Å². The minimum absolute atomic E-state index is 0.694. The molecule has 0 atom stereocenters. The van der Waals surface area contributed by atoms with Crippen LogP contribution in [0.25, 0.3) is 98.2 Å². The van der Waals surface area contributed by atoms with Gasteiger partial charge in [0.2, 0.25) is 0 Å². The average Bonchev–Trinajstić information content (AvgIpc) is 3.92. The van der Waals surface area contributed by atoms with Crippen molar-refractivity contribution in [3.05, 3.63) is 182 Å². The van der Waals surface area contributed by atoms with E-state index < -0.39 is 0 Å². The lowest BCUT2D eigenvalue weighted by Crippen LogP contribution is -1.98. The van der Waals surface area contributed by atoms with Crippen molar-refractivity contribution in [1.82, 2.24) is 19.1 Å². The van der Waals surface area contributed by atoms with E-state index in [4.69, 9.17) is 9.97 Å². The summed E-state index contributed by atoms with van der Waals surface area (Å²) in [5.41, 5.74) is 10.6. The van der Waals surface area contributed by atoms with Gasteiger partial charge < -0.3 is 9.13 Å². The minimum Gasteiger partial charge on any atom is -0.316 e. The van der Waals surface area contributed by atoms with Crippen LogP contribution in [-0.2, 0) is 0 Å². The molecule has 0 aliphatic heterocycles. The monoisotopic (exact) mass is 694 g/mol. The van der Waals surface area contributed by atoms with E-state index in [-0.39, 0.29) is 0 Å². The first-order valence-corrected chi connectivity index (χ1v) is 18.6. The van der Waals surface area contributed by atoms with Crippen molar-refractivity contribution >= 4 is 64.2 Å². The number of nitrogens with zero attached hydrogens (tertiary/aromatic N) is 4. The van der Waals surface area contributed by atoms with Crippen LogP contribution in [0.15, 0.2) is 182 Å². The van der Waals surface area contributed by atoms with Crippen molar-refractivity contribution in [2.45, 2.75) is 0 Å². The van der Waals surface area contributed by atoms with E-state index in [0.29, 0.717) is 5.82 Å². The molecule has 53 heavy (non-hydrogen) atoms. The number of benzene rings is 7. The maximum Gasteiger partial charge on any atom is 0.160 e. The number of para-hydroxylation sites is 1. The Kier molecular flexibility index (Phi) is 6.69. The van der Waals surface area contributed by atoms with Crippen LogP contribution < -0.4 is 0 Å². The zero-order valence-corrected chi connectivity index (χ0v) is 29.3. The summed E-state index contributed by atoms with van der Waals surface area (Å²) in [6.45, 7) is 0. The molecule has 4 nitrogen and oxygen atoms in total. The number of hydrogen-bond donors (Lipinski definition) is 0. The van der Waals surface area contributed by atoms with E-state index in [1.54, 1.807) is 0 Å². The fourth-order valence-electron chi connectivity index (χ4n) is 7.90. The molecule has 0 N–H and O–H groups in total. The molecule has 0 radical (unpaired) electrons. The van der Waals surface area contributed by atoms with Crippen LogP contribution in [0.2, 0.25) is 0 Å². The van der Waals surface area contributed by atoms with Gasteiger partial charge >= 0.3 is 0 Å². The standard InChI is InChI=1S/C48H30N4S/c1-4-13-31(14-5-1)41-30-42(32-15-6-2-7-16-32)50-48(49-41)33-17-12-20-35(27-33)52-44-28-40-36-21-10-11-22-45(36)53-46(40)29-39(44)37-23-24-43-38(47(37)52)25-26-51(43)34-18-8-3-9-19-34/h1-30H. The van der Waals surface area contributed by atoms with E-state index >= 15 is 0 Å². The van der Waals surface area contributed by atoms with Crippen LogP contribution in [0.1, 0.15) is 0 Å². The van der Waals surface area contributed by atoms with Gasteiger partial charge in [-0.3, -0.25) is 0 Å². The Morgan fingerprint density at radius 1 is 0.396 bits per heavy atom. The van der Waals surface area contributed by atoms with E-state index in [2.05, 4.69) is 179 Å². The molecule has 11 aromatic rings. The molecule has 5 heteroatoms. The minimum atomic E-state index is 0.694. The number of hydrogen-bond acceptors (Lipinski definition) is 3. The third-order valence-corrected chi connectivity index (χ3v) is 11.5. The Bertz CT molecular complexity index is 3100. The molecule has 0 spiro atoms. The van der Waals surface area contributed by atoms with Gasteiger partial charge in [0.25, 0.3) is 0 Å². The second-order valence-corrected chi connectivity index (χ2v) is 14.5. The van der Waals surface area contributed by atoms with Crippen molar-refractivity contribution in [1.29, 1.82) is 0 Å². The SMILES string of the molecule is c1ccc(-c2cc(-c3ccccc3)nc(-c3cccc(-n4c5cc6c(cc5c5ccc7c(ccn7-c7ccccc7)c54)sc4ccccc46)c3)n2)cc1. The number of aromatic nitrogens is 4. The number of thiophene rings is 1. The summed E-state index contributed by atoms with van der Waals surface area (Å²) in [7, 11) is 0. The zero-order valence-electron chi connectivity index (χ0n) is 28.5. The molecule has 11 rings (SSSR count). The van der Waals surface area contributed by atoms with Crippen LogP contribution in [0.4, 0.5) is 0 Å². The second-order valence-electron chi connectivity index (χ2n) is 13.5. The Labute approximate surface area is 309 Å². The van der Waals surface area contributed by atoms with Gasteiger partial charge in [0.15, 0.2) is 5.82 Å². The molecular formula is C48H30N4S. The molecule has 0 fully saturated rings. The lowest BCUT2D eigenvalue weighted by molar-refractivity contribution is 1.13. The third-order valence-electron chi connectivity index (χ3n) is 10.4. The first-order chi connectivity index (χ1) is 26.3. The van der Waals surface area contributed by atoms with Crippen molar-refractivity contribution in [3.8, 4) is 45.3 Å². The molecule has 0 aliphatic rings. The van der Waals surface area contributed by atoms with Crippen LogP contribution in [-0.4, -0.2) is 19.1 Å². The maximum atomic E-state index is 5.18. The molecule has 4 aromatic heterocycles. The Hall–Kier alpha value is -6.82. The van der Waals surface area contributed by atoms with Crippen LogP contribution in [0.3, 0.4) is 0 Å². The van der Waals surface area contributed by atoms with E-state index in [0.717, 1.165) is 39.5 Å². The first-order valence-electron chi connectivity index (χ1n) is 17.8. The molecule has 7 aromatic carbocycles. The largest absolute Gasteiger partial charge is 0.316 e. The normalized spacial score (nSPS) is 11.8. The summed E-state index contributed by atoms with van der Waals surface area (Å²) in [5, 5.41) is 6.25. The quantitative estimate of drug-likeness (QED) is 0.180. The highest BCUT2D eigenvalue weighted by atomic mass is 32.1. The molecule has 0 saturated carbocycles. The molecule has 248 valence electrons. The van der Waals surface area contributed by atoms with Gasteiger partial charge in [-0.2, -0.15) is 0 Å². The average molecular weight is 695 g/mol. The van der Waals surface area contributed by atoms with Crippen molar-refractivity contribution in [2.75, 3.05) is 0 Å². The Morgan fingerprint density at radius 2 is 1.06 bits per heavy atom. The van der Waals surface area contributed by atoms with Crippen LogP contribution in [0.5, 0.6) is 0 Å². The highest BCUT2D eigenvalue weighted by Crippen LogP contribution is 2.43. The molecule has 0 amide bonds. The fourth-order valence-corrected chi connectivity index (χ4v) is 9.02. The van der Waals surface area contributed by atoms with Crippen LogP contribution >= 0.6 is 11.3 Å². The van der Waals surface area contributed by atoms with Crippen molar-refractivity contribution in [2.24, 2.45) is 0 Å². The number of rotatable bonds is 5. The number of fused-ring (bicyclic) bond motifs is 8. The lowest BCUT2D eigenvalue weighted by atomic mass is 10.1. The van der Waals surface area contributed by atoms with E-state index in [1.807, 2.05) is 23.5 Å². The van der Waals surface area contributed by atoms with Gasteiger partial charge in [0, 0.05) is 70.6 Å². The zero-order chi connectivity index (χ0) is 34.9. The summed E-state index contributed by atoms with van der Waals surface area (Å²) in [5.74, 6) is 0.694. The van der Waals surface area contributed by atoms with Gasteiger partial charge in [-0.05, 0) is 60.7 Å². The molecule has 0 bridgehead atoms. The Balaban J connectivity index is 1.19. The van der Waals surface area contributed by atoms with Crippen molar-refractivity contribution in [3.63, 3.8) is 0 Å². The molecule has 4 heterocycles. The van der Waals surface area contributed by atoms with Gasteiger partial charge in [-0.1, -0.05) is 115 Å². The van der Waals surface area contributed by atoms with E-state index in [1.165, 1.54) is 52.9 Å². The smallest absolute Gasteiger partial charge is 0.160 e. The molecule has 0 unspecified atom stereocenters. The summed E-state index contributed by atoms with van der Waals surface area (Å²) in [6, 6.07) is 62.5. The molecular weight excluding hydrogens is 665 g/mol. The maximum absolute atomic E-state index is 5.18. The van der Waals surface area contributed by atoms with Gasteiger partial charge in [0.05, 0.1) is 27.9 Å². The first kappa shape index (κ1) is 29.9. The Morgan fingerprint density at radius 3 is 1.81 bits per heavy atom. The predicted octanol–water partition coefficient (Wildman–Crippen LogP) is 12.9. The second kappa shape index (κ2) is 11.9. The third kappa shape index (κ3) is 4.82. The lowest BCUT2D eigenvalue weighted by Gasteiger charge is -2.13. The van der Waals surface area contributed by atoms with Crippen LogP contribution in [0, 0.1) is 0 Å². The summed E-state index contributed by atoms with van der Waals surface area (Å²) >= 11 is 1.86. The van der Waals surface area contributed by atoms with Gasteiger partial charge in [0.1, 0.15) is 0 Å². The predicted molar refractivity (Wildman–Crippen MR) is 222 cm³/mol. The van der Waals surface area contributed by atoms with Gasteiger partial charge in [-0.25, -0.2) is 9.97 Å². The topological polar surface area (TPSA) is 35.6 Å². The van der Waals surface area contributed by atoms with Crippen molar-refractivity contribution < 1.29 is 0 Å². The highest BCUT2D eigenvalue weighted by Gasteiger charge is 2.20.